The van der Waals surface area contributed by atoms with Crippen molar-refractivity contribution in [2.75, 3.05) is 47.1 Å². The van der Waals surface area contributed by atoms with Gasteiger partial charge in [-0.3, -0.25) is 4.79 Å². The fourth-order valence-corrected chi connectivity index (χ4v) is 5.05. The SMILES string of the molecule is COCCCOc1cc(C[C@@H](C[C@H](N)[C@@H](O)CNC(=O)C(C)(C)C2CCNCC2)C(C)C)ccc1OC.Cl.Cl. The maximum atomic E-state index is 12.9. The molecule has 5 N–H and O–H groups in total. The molecule has 8 nitrogen and oxygen atoms in total. The number of ether oxygens (including phenoxy) is 3. The third-order valence-corrected chi connectivity index (χ3v) is 7.90. The molecule has 228 valence electrons. The number of methoxy groups -OCH3 is 2. The summed E-state index contributed by atoms with van der Waals surface area (Å²) in [5.74, 6) is 2.39. The van der Waals surface area contributed by atoms with E-state index in [-0.39, 0.29) is 43.2 Å². The third kappa shape index (κ3) is 12.0. The summed E-state index contributed by atoms with van der Waals surface area (Å²) in [6.45, 7) is 11.6. The van der Waals surface area contributed by atoms with E-state index in [2.05, 4.69) is 30.5 Å². The average molecular weight is 595 g/mol. The summed E-state index contributed by atoms with van der Waals surface area (Å²) in [5.41, 5.74) is 7.12. The summed E-state index contributed by atoms with van der Waals surface area (Å²) in [4.78, 5) is 12.9. The van der Waals surface area contributed by atoms with Crippen LogP contribution in [0.4, 0.5) is 0 Å². The largest absolute Gasteiger partial charge is 0.493 e. The van der Waals surface area contributed by atoms with Gasteiger partial charge in [0.05, 0.1) is 19.8 Å². The maximum absolute atomic E-state index is 12.9. The second kappa shape index (κ2) is 18.9. The van der Waals surface area contributed by atoms with Gasteiger partial charge < -0.3 is 35.7 Å². The monoisotopic (exact) mass is 593 g/mol. The molecular formula is C29H53Cl2N3O5. The van der Waals surface area contributed by atoms with Crippen molar-refractivity contribution in [2.45, 2.75) is 71.9 Å². The molecule has 0 aromatic heterocycles. The lowest BCUT2D eigenvalue weighted by Crippen LogP contribution is -2.50. The quantitative estimate of drug-likeness (QED) is 0.214. The smallest absolute Gasteiger partial charge is 0.226 e. The van der Waals surface area contributed by atoms with E-state index in [0.29, 0.717) is 37.2 Å². The first-order chi connectivity index (χ1) is 17.6. The summed E-state index contributed by atoms with van der Waals surface area (Å²) in [6, 6.07) is 5.60. The molecule has 0 radical (unpaired) electrons. The predicted molar refractivity (Wildman–Crippen MR) is 162 cm³/mol. The first-order valence-electron chi connectivity index (χ1n) is 13.8. The normalized spacial score (nSPS) is 16.4. The molecule has 1 saturated heterocycles. The van der Waals surface area contributed by atoms with Crippen LogP contribution in [-0.4, -0.2) is 70.2 Å². The number of carbonyl (C=O) groups is 1. The van der Waals surface area contributed by atoms with Gasteiger partial charge in [0, 0.05) is 38.1 Å². The first-order valence-corrected chi connectivity index (χ1v) is 13.8. The number of nitrogens with two attached hydrogens (primary N) is 1. The standard InChI is InChI=1S/C29H51N3O5.2ClH/c1-20(2)22(16-21-8-9-26(36-6)27(17-21)37-15-7-14-35-5)18-24(30)25(33)19-32-28(34)29(3,4)23-10-12-31-13-11-23;;/h8-9,17,20,22-25,31,33H,7,10-16,18-19,30H2,1-6H3,(H,32,34);2*1H/t22-,24-,25-;;/m0../s1. The van der Waals surface area contributed by atoms with Gasteiger partial charge in [0.1, 0.15) is 0 Å². The van der Waals surface area contributed by atoms with Crippen LogP contribution in [0.25, 0.3) is 0 Å². The van der Waals surface area contributed by atoms with Gasteiger partial charge in [-0.05, 0) is 74.2 Å². The van der Waals surface area contributed by atoms with E-state index in [1.165, 1.54) is 0 Å². The van der Waals surface area contributed by atoms with Crippen molar-refractivity contribution in [2.24, 2.45) is 28.9 Å². The number of hydrogen-bond acceptors (Lipinski definition) is 7. The highest BCUT2D eigenvalue weighted by Gasteiger charge is 2.37. The van der Waals surface area contributed by atoms with Crippen LogP contribution < -0.4 is 25.8 Å². The Hall–Kier alpha value is -1.29. The van der Waals surface area contributed by atoms with E-state index in [9.17, 15) is 9.90 Å². The Bertz CT molecular complexity index is 822. The van der Waals surface area contributed by atoms with Gasteiger partial charge in [-0.2, -0.15) is 0 Å². The van der Waals surface area contributed by atoms with Crippen molar-refractivity contribution in [3.8, 4) is 11.5 Å². The first kappa shape index (κ1) is 37.7. The van der Waals surface area contributed by atoms with Crippen LogP contribution in [0.15, 0.2) is 18.2 Å². The second-order valence-electron chi connectivity index (χ2n) is 11.3. The molecule has 0 aliphatic carbocycles. The number of hydrogen-bond donors (Lipinski definition) is 4. The Morgan fingerprint density at radius 2 is 1.82 bits per heavy atom. The lowest BCUT2D eigenvalue weighted by Gasteiger charge is -2.36. The minimum atomic E-state index is -0.801. The Kier molecular flexibility index (Phi) is 18.3. The predicted octanol–water partition coefficient (Wildman–Crippen LogP) is 3.99. The Balaban J connectivity index is 0.00000722. The molecule has 1 aliphatic rings. The average Bonchev–Trinajstić information content (AvgIpc) is 2.89. The summed E-state index contributed by atoms with van der Waals surface area (Å²) in [6.07, 6.45) is 3.45. The van der Waals surface area contributed by atoms with Gasteiger partial charge in [-0.1, -0.05) is 33.8 Å². The van der Waals surface area contributed by atoms with E-state index in [1.54, 1.807) is 14.2 Å². The van der Waals surface area contributed by atoms with Gasteiger partial charge in [-0.25, -0.2) is 0 Å². The lowest BCUT2D eigenvalue weighted by molar-refractivity contribution is -0.133. The van der Waals surface area contributed by atoms with Crippen LogP contribution >= 0.6 is 24.8 Å². The number of benzene rings is 1. The second-order valence-corrected chi connectivity index (χ2v) is 11.3. The van der Waals surface area contributed by atoms with Gasteiger partial charge in [0.25, 0.3) is 0 Å². The Morgan fingerprint density at radius 3 is 2.41 bits per heavy atom. The molecule has 0 spiro atoms. The highest BCUT2D eigenvalue weighted by molar-refractivity contribution is 5.85. The number of carbonyl (C=O) groups excluding carboxylic acids is 1. The van der Waals surface area contributed by atoms with Crippen LogP contribution in [-0.2, 0) is 16.0 Å². The van der Waals surface area contributed by atoms with Crippen molar-refractivity contribution in [3.63, 3.8) is 0 Å². The molecule has 0 bridgehead atoms. The molecule has 3 atom stereocenters. The zero-order chi connectivity index (χ0) is 27.4. The molecular weight excluding hydrogens is 541 g/mol. The molecule has 1 fully saturated rings. The highest BCUT2D eigenvalue weighted by atomic mass is 35.5. The van der Waals surface area contributed by atoms with Crippen molar-refractivity contribution in [1.29, 1.82) is 0 Å². The van der Waals surface area contributed by atoms with Crippen molar-refractivity contribution >= 4 is 30.7 Å². The van der Waals surface area contributed by atoms with E-state index < -0.39 is 17.6 Å². The van der Waals surface area contributed by atoms with Crippen LogP contribution in [0.2, 0.25) is 0 Å². The van der Waals surface area contributed by atoms with Crippen LogP contribution in [0, 0.1) is 23.2 Å². The van der Waals surface area contributed by atoms with Gasteiger partial charge in [0.2, 0.25) is 5.91 Å². The van der Waals surface area contributed by atoms with Crippen LogP contribution in [0.1, 0.15) is 58.9 Å². The fraction of sp³-hybridized carbons (Fsp3) is 0.759. The van der Waals surface area contributed by atoms with Gasteiger partial charge in [0.15, 0.2) is 11.5 Å². The van der Waals surface area contributed by atoms with E-state index in [0.717, 1.165) is 50.1 Å². The third-order valence-electron chi connectivity index (χ3n) is 7.90. The fourth-order valence-electron chi connectivity index (χ4n) is 5.05. The van der Waals surface area contributed by atoms with Crippen LogP contribution in [0.5, 0.6) is 11.5 Å². The molecule has 0 unspecified atom stereocenters. The van der Waals surface area contributed by atoms with Gasteiger partial charge in [-0.15, -0.1) is 24.8 Å². The summed E-state index contributed by atoms with van der Waals surface area (Å²) in [5, 5.41) is 17.1. The minimum absolute atomic E-state index is 0. The molecule has 2 rings (SSSR count). The van der Waals surface area contributed by atoms with Crippen molar-refractivity contribution in [1.82, 2.24) is 10.6 Å². The molecule has 0 saturated carbocycles. The molecule has 39 heavy (non-hydrogen) atoms. The molecule has 10 heteroatoms. The Morgan fingerprint density at radius 1 is 1.15 bits per heavy atom. The summed E-state index contributed by atoms with van der Waals surface area (Å²) < 4.78 is 16.5. The summed E-state index contributed by atoms with van der Waals surface area (Å²) >= 11 is 0. The number of rotatable bonds is 16. The highest BCUT2D eigenvalue weighted by Crippen LogP contribution is 2.34. The van der Waals surface area contributed by atoms with Gasteiger partial charge >= 0.3 is 0 Å². The number of aliphatic hydroxyl groups excluding tert-OH is 1. The molecule has 1 amide bonds. The van der Waals surface area contributed by atoms with Crippen LogP contribution in [0.3, 0.4) is 0 Å². The van der Waals surface area contributed by atoms with E-state index in [1.807, 2.05) is 26.0 Å². The number of nitrogens with one attached hydrogen (secondary N) is 2. The zero-order valence-corrected chi connectivity index (χ0v) is 26.3. The number of halogens is 2. The van der Waals surface area contributed by atoms with Crippen molar-refractivity contribution in [3.05, 3.63) is 23.8 Å². The minimum Gasteiger partial charge on any atom is -0.493 e. The molecule has 1 aliphatic heterocycles. The number of aliphatic hydroxyl groups is 1. The lowest BCUT2D eigenvalue weighted by atomic mass is 9.73. The maximum Gasteiger partial charge on any atom is 0.226 e. The van der Waals surface area contributed by atoms with Crippen molar-refractivity contribution < 1.29 is 24.1 Å². The number of amides is 1. The zero-order valence-electron chi connectivity index (χ0n) is 24.7. The van der Waals surface area contributed by atoms with E-state index >= 15 is 0 Å². The summed E-state index contributed by atoms with van der Waals surface area (Å²) in [7, 11) is 3.32. The molecule has 1 aromatic rings. The Labute approximate surface area is 248 Å². The number of piperidine rings is 1. The van der Waals surface area contributed by atoms with E-state index in [4.69, 9.17) is 19.9 Å². The topological polar surface area (TPSA) is 115 Å². The molecule has 1 aromatic carbocycles. The molecule has 1 heterocycles.